The van der Waals surface area contributed by atoms with Gasteiger partial charge in [-0.15, -0.1) is 0 Å². The second kappa shape index (κ2) is 14.9. The van der Waals surface area contributed by atoms with Gasteiger partial charge in [-0.3, -0.25) is 29.3 Å². The number of piperazine rings is 1. The monoisotopic (exact) mass is 841 g/mol. The number of carbonyl (C=O) groups excluding carboxylic acids is 2. The number of anilines is 5. The number of pyridine rings is 1. The van der Waals surface area contributed by atoms with Crippen LogP contribution in [0, 0.1) is 5.92 Å². The van der Waals surface area contributed by atoms with Crippen molar-refractivity contribution in [2.45, 2.75) is 62.4 Å². The number of piperidine rings is 2. The van der Waals surface area contributed by atoms with E-state index in [1.807, 2.05) is 11.7 Å². The predicted molar refractivity (Wildman–Crippen MR) is 225 cm³/mol. The van der Waals surface area contributed by atoms with E-state index in [-0.39, 0.29) is 29.2 Å². The summed E-state index contributed by atoms with van der Waals surface area (Å²) in [5.74, 6) is -3.39. The molecule has 1 saturated carbocycles. The van der Waals surface area contributed by atoms with Crippen LogP contribution in [0.4, 0.5) is 37.6 Å². The number of carbonyl (C=O) groups is 2. The van der Waals surface area contributed by atoms with Gasteiger partial charge in [-0.05, 0) is 74.4 Å². The molecule has 5 aromatic rings. The zero-order valence-corrected chi connectivity index (χ0v) is 34.1. The number of benzene rings is 2. The van der Waals surface area contributed by atoms with E-state index in [9.17, 15) is 14.4 Å². The van der Waals surface area contributed by atoms with Crippen molar-refractivity contribution in [1.29, 1.82) is 0 Å². The van der Waals surface area contributed by atoms with Crippen molar-refractivity contribution in [1.82, 2.24) is 34.5 Å². The van der Waals surface area contributed by atoms with Gasteiger partial charge in [0.25, 0.3) is 5.56 Å². The number of aryl methyl sites for hydroxylation is 2. The van der Waals surface area contributed by atoms with Crippen LogP contribution in [0.3, 0.4) is 0 Å². The molecule has 0 spiro atoms. The van der Waals surface area contributed by atoms with Crippen molar-refractivity contribution in [3.05, 3.63) is 63.7 Å². The summed E-state index contributed by atoms with van der Waals surface area (Å²) in [6.07, 6.45) is 5.84. The second-order valence-electron chi connectivity index (χ2n) is 16.8. The van der Waals surface area contributed by atoms with Gasteiger partial charge in [0, 0.05) is 88.0 Å². The fourth-order valence-corrected chi connectivity index (χ4v) is 9.62. The highest BCUT2D eigenvalue weighted by atomic mass is 35.5. The highest BCUT2D eigenvalue weighted by Gasteiger charge is 2.51. The zero-order valence-electron chi connectivity index (χ0n) is 33.4. The third kappa shape index (κ3) is 6.94. The summed E-state index contributed by atoms with van der Waals surface area (Å²) in [5, 5.41) is 15.4. The lowest BCUT2D eigenvalue weighted by Gasteiger charge is -2.43. The van der Waals surface area contributed by atoms with Gasteiger partial charge in [0.1, 0.15) is 5.02 Å². The van der Waals surface area contributed by atoms with Crippen molar-refractivity contribution >= 4 is 74.0 Å². The van der Waals surface area contributed by atoms with E-state index in [1.54, 1.807) is 31.4 Å². The minimum atomic E-state index is -3.13. The minimum Gasteiger partial charge on any atom is -0.480 e. The molecule has 2 atom stereocenters. The summed E-state index contributed by atoms with van der Waals surface area (Å²) >= 11 is 6.63. The number of alkyl halides is 2. The summed E-state index contributed by atoms with van der Waals surface area (Å²) in [7, 11) is 3.50. The van der Waals surface area contributed by atoms with E-state index in [4.69, 9.17) is 26.4 Å². The molecule has 314 valence electrons. The maximum absolute atomic E-state index is 15.2. The first-order valence-corrected chi connectivity index (χ1v) is 21.1. The van der Waals surface area contributed by atoms with Crippen molar-refractivity contribution in [3.63, 3.8) is 0 Å². The predicted octanol–water partition coefficient (Wildman–Crippen LogP) is 5.14. The largest absolute Gasteiger partial charge is 0.480 e. The average molecular weight is 842 g/mol. The van der Waals surface area contributed by atoms with Crippen LogP contribution in [-0.2, 0) is 23.7 Å². The Morgan fingerprint density at radius 3 is 2.43 bits per heavy atom. The maximum atomic E-state index is 15.2. The number of amides is 2. The Morgan fingerprint density at radius 2 is 1.68 bits per heavy atom. The molecule has 10 rings (SSSR count). The second-order valence-corrected chi connectivity index (χ2v) is 17.2. The van der Waals surface area contributed by atoms with Crippen LogP contribution < -0.4 is 36.0 Å². The number of nitrogens with zero attached hydrogens (tertiary/aromatic N) is 8. The smallest absolute Gasteiger partial charge is 0.301 e. The molecule has 15 nitrogen and oxygen atoms in total. The van der Waals surface area contributed by atoms with Crippen LogP contribution in [0.15, 0.2) is 47.4 Å². The molecule has 60 heavy (non-hydrogen) atoms. The molecule has 0 radical (unpaired) electrons. The van der Waals surface area contributed by atoms with Crippen LogP contribution in [0.5, 0.6) is 5.75 Å². The van der Waals surface area contributed by atoms with E-state index in [0.29, 0.717) is 65.1 Å². The molecule has 1 unspecified atom stereocenters. The first-order chi connectivity index (χ1) is 28.9. The van der Waals surface area contributed by atoms with E-state index in [0.717, 1.165) is 74.4 Å². The summed E-state index contributed by atoms with van der Waals surface area (Å²) < 4.78 is 39.1. The lowest BCUT2D eigenvalue weighted by molar-refractivity contribution is -0.134. The van der Waals surface area contributed by atoms with Crippen LogP contribution in [-0.4, -0.2) is 105 Å². The highest BCUT2D eigenvalue weighted by Crippen LogP contribution is 2.46. The van der Waals surface area contributed by atoms with Gasteiger partial charge in [0.05, 0.1) is 40.6 Å². The Balaban J connectivity index is 0.788. The summed E-state index contributed by atoms with van der Waals surface area (Å²) in [6.45, 7) is 4.23. The quantitative estimate of drug-likeness (QED) is 0.186. The van der Waals surface area contributed by atoms with Gasteiger partial charge < -0.3 is 29.7 Å². The Morgan fingerprint density at radius 1 is 0.900 bits per heavy atom. The third-order valence-electron chi connectivity index (χ3n) is 13.0. The van der Waals surface area contributed by atoms with Crippen molar-refractivity contribution in [2.24, 2.45) is 20.0 Å². The van der Waals surface area contributed by atoms with Crippen LogP contribution in [0.1, 0.15) is 50.1 Å². The number of hydrogen-bond donors (Lipinski definition) is 3. The zero-order chi connectivity index (χ0) is 41.4. The lowest BCUT2D eigenvalue weighted by Crippen LogP contribution is -2.53. The number of imide groups is 1. The number of nitrogens with one attached hydrogen (secondary N) is 3. The number of aromatic nitrogens is 5. The van der Waals surface area contributed by atoms with E-state index < -0.39 is 30.0 Å². The molecule has 4 fully saturated rings. The molecule has 2 aromatic carbocycles. The third-order valence-corrected chi connectivity index (χ3v) is 13.3. The van der Waals surface area contributed by atoms with Gasteiger partial charge >= 0.3 is 5.92 Å². The summed E-state index contributed by atoms with van der Waals surface area (Å²) in [6, 6.07) is 11.0. The fourth-order valence-electron chi connectivity index (χ4n) is 9.48. The Bertz CT molecular complexity index is 2600. The first-order valence-electron chi connectivity index (χ1n) is 20.7. The SMILES string of the molecule is Cn1nc(C2CCC(=O)NC2=O)c2ccc(N3CCC(N4CCN(c5ncc(Cl)c(Nc6ccc7c(c6)c6c(c(=O)n7C)OCC(F)(F)[C@H](C7CC7)N6)n5)CC4)CC3)cc21. The lowest BCUT2D eigenvalue weighted by atomic mass is 9.92. The minimum absolute atomic E-state index is 0.108. The van der Waals surface area contributed by atoms with Gasteiger partial charge in [0.2, 0.25) is 23.5 Å². The van der Waals surface area contributed by atoms with Crippen molar-refractivity contribution in [2.75, 3.05) is 66.3 Å². The molecule has 3 N–H and O–H groups in total. The molecular weight excluding hydrogens is 796 g/mol. The molecule has 18 heteroatoms. The normalized spacial score (nSPS) is 22.6. The average Bonchev–Trinajstić information content (AvgIpc) is 4.05. The van der Waals surface area contributed by atoms with E-state index in [1.165, 1.54) is 4.57 Å². The molecule has 3 saturated heterocycles. The first kappa shape index (κ1) is 38.6. The Labute approximate surface area is 349 Å². The van der Waals surface area contributed by atoms with Gasteiger partial charge in [-0.25, -0.2) is 13.8 Å². The standard InChI is InChI=1S/C42H46ClF2N11O4/c1-52-31-9-5-24(19-29(31)35-36(40(52)59)60-22-42(44,45)37(49-35)23-3-4-23)47-38-30(43)21-46-41(50-38)56-17-15-55(16-18-56)25-11-13-54(14-12-25)26-6-7-27-32(20-26)53(2)51-34(27)28-8-10-33(57)48-39(28)58/h5-7,9,19-21,23,25,28,37,49H,3-4,8,10-18,22H2,1-2H3,(H,46,47,50)(H,48,57,58)/t28?,37-/m0/s1. The van der Waals surface area contributed by atoms with Gasteiger partial charge in [-0.2, -0.15) is 10.1 Å². The van der Waals surface area contributed by atoms with Crippen molar-refractivity contribution in [3.8, 4) is 5.75 Å². The molecule has 4 aliphatic heterocycles. The maximum Gasteiger partial charge on any atom is 0.301 e. The molecular formula is C42H46ClF2N11O4. The van der Waals surface area contributed by atoms with Crippen LogP contribution in [0.2, 0.25) is 5.02 Å². The highest BCUT2D eigenvalue weighted by molar-refractivity contribution is 6.33. The molecule has 5 aliphatic rings. The van der Waals surface area contributed by atoms with Crippen molar-refractivity contribution < 1.29 is 23.1 Å². The van der Waals surface area contributed by atoms with E-state index >= 15 is 8.78 Å². The number of halogens is 3. The topological polar surface area (TPSA) is 155 Å². The number of fused-ring (bicyclic) bond motifs is 4. The number of rotatable bonds is 7. The Kier molecular flexibility index (Phi) is 9.57. The Hall–Kier alpha value is -5.55. The van der Waals surface area contributed by atoms with Crippen LogP contribution >= 0.6 is 11.6 Å². The van der Waals surface area contributed by atoms with E-state index in [2.05, 4.69) is 53.8 Å². The summed E-state index contributed by atoms with van der Waals surface area (Å²) in [4.78, 5) is 54.1. The number of hydrogen-bond acceptors (Lipinski definition) is 12. The van der Waals surface area contributed by atoms with Crippen LogP contribution in [0.25, 0.3) is 21.8 Å². The molecule has 7 heterocycles. The molecule has 0 bridgehead atoms. The van der Waals surface area contributed by atoms with Gasteiger partial charge in [0.15, 0.2) is 12.4 Å². The summed E-state index contributed by atoms with van der Waals surface area (Å²) in [5.41, 5.74) is 3.81. The molecule has 1 aliphatic carbocycles. The fraction of sp³-hybridized carbons (Fsp3) is 0.476. The molecule has 3 aromatic heterocycles. The van der Waals surface area contributed by atoms with Gasteiger partial charge in [-0.1, -0.05) is 11.6 Å². The molecule has 2 amide bonds. The number of ether oxygens (including phenoxy) is 1.